The average molecular weight is 357 g/mol. The zero-order chi connectivity index (χ0) is 17.7. The van der Waals surface area contributed by atoms with Crippen molar-refractivity contribution in [3.05, 3.63) is 70.2 Å². The van der Waals surface area contributed by atoms with Crippen LogP contribution in [0.15, 0.2) is 48.5 Å². The summed E-state index contributed by atoms with van der Waals surface area (Å²) in [6.45, 7) is 4.61. The van der Waals surface area contributed by atoms with Gasteiger partial charge >= 0.3 is 0 Å². The second kappa shape index (κ2) is 8.03. The third kappa shape index (κ3) is 4.05. The van der Waals surface area contributed by atoms with Gasteiger partial charge in [0, 0.05) is 22.5 Å². The van der Waals surface area contributed by atoms with Gasteiger partial charge in [0.05, 0.1) is 0 Å². The molecule has 3 rings (SSSR count). The fourth-order valence-electron chi connectivity index (χ4n) is 3.69. The smallest absolute Gasteiger partial charge is 0.251 e. The molecule has 0 radical (unpaired) electrons. The molecule has 0 aliphatic carbocycles. The van der Waals surface area contributed by atoms with E-state index < -0.39 is 0 Å². The zero-order valence-electron chi connectivity index (χ0n) is 14.6. The van der Waals surface area contributed by atoms with Crippen molar-refractivity contribution < 1.29 is 4.79 Å². The highest BCUT2D eigenvalue weighted by Crippen LogP contribution is 2.34. The molecule has 1 heterocycles. The van der Waals surface area contributed by atoms with Crippen LogP contribution in [-0.2, 0) is 11.8 Å². The molecule has 1 aliphatic heterocycles. The highest BCUT2D eigenvalue weighted by Gasteiger charge is 2.34. The Labute approximate surface area is 154 Å². The van der Waals surface area contributed by atoms with Crippen molar-refractivity contribution in [3.63, 3.8) is 0 Å². The first kappa shape index (κ1) is 18.0. The highest BCUT2D eigenvalue weighted by molar-refractivity contribution is 6.30. The van der Waals surface area contributed by atoms with Gasteiger partial charge in [-0.1, -0.05) is 48.9 Å². The molecule has 25 heavy (non-hydrogen) atoms. The average Bonchev–Trinajstić information content (AvgIpc) is 2.67. The SMILES string of the molecule is CCc1ccccc1C(=O)NCC1(c2cccc(Cl)c2)CCNCC1. The van der Waals surface area contributed by atoms with E-state index in [4.69, 9.17) is 11.6 Å². The first-order chi connectivity index (χ1) is 12.1. The number of piperidine rings is 1. The van der Waals surface area contributed by atoms with E-state index in [2.05, 4.69) is 23.6 Å². The van der Waals surface area contributed by atoms with Gasteiger partial charge in [0.15, 0.2) is 0 Å². The molecule has 0 saturated carbocycles. The van der Waals surface area contributed by atoms with Crippen LogP contribution in [0.25, 0.3) is 0 Å². The van der Waals surface area contributed by atoms with Gasteiger partial charge in [0.2, 0.25) is 0 Å². The Hall–Kier alpha value is -1.84. The molecule has 0 unspecified atom stereocenters. The summed E-state index contributed by atoms with van der Waals surface area (Å²) in [5.41, 5.74) is 3.01. The molecular weight excluding hydrogens is 332 g/mol. The molecule has 2 N–H and O–H groups in total. The number of rotatable bonds is 5. The van der Waals surface area contributed by atoms with Crippen molar-refractivity contribution in [1.82, 2.24) is 10.6 Å². The topological polar surface area (TPSA) is 41.1 Å². The van der Waals surface area contributed by atoms with E-state index in [1.54, 1.807) is 0 Å². The number of hydrogen-bond donors (Lipinski definition) is 2. The normalized spacial score (nSPS) is 16.4. The van der Waals surface area contributed by atoms with Crippen LogP contribution in [0.4, 0.5) is 0 Å². The van der Waals surface area contributed by atoms with E-state index in [-0.39, 0.29) is 11.3 Å². The number of halogens is 1. The Balaban J connectivity index is 1.81. The zero-order valence-corrected chi connectivity index (χ0v) is 15.4. The molecular formula is C21H25ClN2O. The fraction of sp³-hybridized carbons (Fsp3) is 0.381. The number of hydrogen-bond acceptors (Lipinski definition) is 2. The van der Waals surface area contributed by atoms with Gasteiger partial charge in [-0.2, -0.15) is 0 Å². The fourth-order valence-corrected chi connectivity index (χ4v) is 3.88. The van der Waals surface area contributed by atoms with Crippen molar-refractivity contribution in [2.75, 3.05) is 19.6 Å². The number of amides is 1. The Morgan fingerprint density at radius 1 is 1.16 bits per heavy atom. The first-order valence-corrected chi connectivity index (χ1v) is 9.35. The van der Waals surface area contributed by atoms with Gasteiger partial charge < -0.3 is 10.6 Å². The van der Waals surface area contributed by atoms with Crippen LogP contribution in [-0.4, -0.2) is 25.5 Å². The van der Waals surface area contributed by atoms with E-state index in [1.165, 1.54) is 5.56 Å². The largest absolute Gasteiger partial charge is 0.351 e. The van der Waals surface area contributed by atoms with E-state index in [9.17, 15) is 4.79 Å². The molecule has 0 spiro atoms. The van der Waals surface area contributed by atoms with Crippen molar-refractivity contribution in [1.29, 1.82) is 0 Å². The maximum Gasteiger partial charge on any atom is 0.251 e. The summed E-state index contributed by atoms with van der Waals surface area (Å²) in [5, 5.41) is 7.36. The molecule has 0 aromatic heterocycles. The third-order valence-corrected chi connectivity index (χ3v) is 5.46. The van der Waals surface area contributed by atoms with Crippen molar-refractivity contribution in [2.45, 2.75) is 31.6 Å². The molecule has 1 saturated heterocycles. The lowest BCUT2D eigenvalue weighted by Gasteiger charge is -2.38. The maximum atomic E-state index is 12.8. The minimum Gasteiger partial charge on any atom is -0.351 e. The number of carbonyl (C=O) groups is 1. The predicted octanol–water partition coefficient (Wildman–Crippen LogP) is 3.95. The van der Waals surface area contributed by atoms with Crippen LogP contribution < -0.4 is 10.6 Å². The second-order valence-corrected chi connectivity index (χ2v) is 7.17. The monoisotopic (exact) mass is 356 g/mol. The van der Waals surface area contributed by atoms with E-state index in [0.29, 0.717) is 6.54 Å². The minimum atomic E-state index is -0.0625. The Morgan fingerprint density at radius 3 is 2.64 bits per heavy atom. The lowest BCUT2D eigenvalue weighted by Crippen LogP contribution is -2.47. The van der Waals surface area contributed by atoms with Gasteiger partial charge in [0.25, 0.3) is 5.91 Å². The van der Waals surface area contributed by atoms with Crippen LogP contribution in [0.2, 0.25) is 5.02 Å². The molecule has 2 aromatic carbocycles. The van der Waals surface area contributed by atoms with Crippen LogP contribution in [0.1, 0.15) is 41.3 Å². The van der Waals surface area contributed by atoms with Crippen molar-refractivity contribution >= 4 is 17.5 Å². The van der Waals surface area contributed by atoms with E-state index in [0.717, 1.165) is 48.5 Å². The molecule has 1 amide bonds. The highest BCUT2D eigenvalue weighted by atomic mass is 35.5. The molecule has 4 heteroatoms. The molecule has 132 valence electrons. The second-order valence-electron chi connectivity index (χ2n) is 6.73. The summed E-state index contributed by atoms with van der Waals surface area (Å²) >= 11 is 6.22. The van der Waals surface area contributed by atoms with Gasteiger partial charge in [0.1, 0.15) is 0 Å². The summed E-state index contributed by atoms with van der Waals surface area (Å²) in [7, 11) is 0. The summed E-state index contributed by atoms with van der Waals surface area (Å²) in [6, 6.07) is 15.9. The van der Waals surface area contributed by atoms with Crippen LogP contribution in [0.3, 0.4) is 0 Å². The standard InChI is InChI=1S/C21H25ClN2O/c1-2-16-6-3-4-9-19(16)20(25)24-15-21(10-12-23-13-11-21)17-7-5-8-18(22)14-17/h3-9,14,23H,2,10-13,15H2,1H3,(H,24,25). The third-order valence-electron chi connectivity index (χ3n) is 5.23. The van der Waals surface area contributed by atoms with Gasteiger partial charge in [-0.3, -0.25) is 4.79 Å². The van der Waals surface area contributed by atoms with Crippen molar-refractivity contribution in [2.24, 2.45) is 0 Å². The molecule has 2 aromatic rings. The van der Waals surface area contributed by atoms with Gasteiger partial charge in [-0.05, 0) is 61.7 Å². The molecule has 0 bridgehead atoms. The molecule has 1 aliphatic rings. The molecule has 0 atom stereocenters. The number of nitrogens with one attached hydrogen (secondary N) is 2. The van der Waals surface area contributed by atoms with E-state index in [1.807, 2.05) is 42.5 Å². The Morgan fingerprint density at radius 2 is 1.92 bits per heavy atom. The van der Waals surface area contributed by atoms with Crippen LogP contribution in [0, 0.1) is 0 Å². The summed E-state index contributed by atoms with van der Waals surface area (Å²) < 4.78 is 0. The predicted molar refractivity (Wildman–Crippen MR) is 103 cm³/mol. The Kier molecular flexibility index (Phi) is 5.77. The minimum absolute atomic E-state index is 0.0115. The number of benzene rings is 2. The Bertz CT molecular complexity index is 738. The van der Waals surface area contributed by atoms with E-state index >= 15 is 0 Å². The van der Waals surface area contributed by atoms with Crippen LogP contribution in [0.5, 0.6) is 0 Å². The quantitative estimate of drug-likeness (QED) is 0.851. The maximum absolute atomic E-state index is 12.8. The number of carbonyl (C=O) groups excluding carboxylic acids is 1. The summed E-state index contributed by atoms with van der Waals surface area (Å²) in [4.78, 5) is 12.8. The molecule has 3 nitrogen and oxygen atoms in total. The van der Waals surface area contributed by atoms with Crippen molar-refractivity contribution in [3.8, 4) is 0 Å². The summed E-state index contributed by atoms with van der Waals surface area (Å²) in [6.07, 6.45) is 2.83. The van der Waals surface area contributed by atoms with Crippen LogP contribution >= 0.6 is 11.6 Å². The summed E-state index contributed by atoms with van der Waals surface area (Å²) in [5.74, 6) is 0.0115. The van der Waals surface area contributed by atoms with Gasteiger partial charge in [-0.25, -0.2) is 0 Å². The molecule has 1 fully saturated rings. The lowest BCUT2D eigenvalue weighted by molar-refractivity contribution is 0.0937. The number of aryl methyl sites for hydroxylation is 1. The first-order valence-electron chi connectivity index (χ1n) is 8.97. The van der Waals surface area contributed by atoms with Gasteiger partial charge in [-0.15, -0.1) is 0 Å². The lowest BCUT2D eigenvalue weighted by atomic mass is 9.73.